The van der Waals surface area contributed by atoms with Crippen LogP contribution in [-0.2, 0) is 9.84 Å². The second-order valence-corrected chi connectivity index (χ2v) is 7.20. The fourth-order valence-corrected chi connectivity index (χ4v) is 4.43. The van der Waals surface area contributed by atoms with E-state index in [9.17, 15) is 8.42 Å². The lowest BCUT2D eigenvalue weighted by Crippen LogP contribution is -2.17. The van der Waals surface area contributed by atoms with Crippen molar-refractivity contribution in [2.24, 2.45) is 11.7 Å². The summed E-state index contributed by atoms with van der Waals surface area (Å²) in [6, 6.07) is 8.00. The molecule has 2 rings (SSSR count). The number of hydrogen-bond donors (Lipinski definition) is 1. The van der Waals surface area contributed by atoms with Crippen molar-refractivity contribution in [2.75, 3.05) is 11.5 Å². The summed E-state index contributed by atoms with van der Waals surface area (Å²) in [6.45, 7) is 2.04. The summed E-state index contributed by atoms with van der Waals surface area (Å²) in [5.74, 6) is 0.875. The third-order valence-electron chi connectivity index (χ3n) is 3.50. The van der Waals surface area contributed by atoms with Crippen molar-refractivity contribution in [1.82, 2.24) is 0 Å². The summed E-state index contributed by atoms with van der Waals surface area (Å²) >= 11 is 0. The Kier molecular flexibility index (Phi) is 3.54. The van der Waals surface area contributed by atoms with E-state index in [1.165, 1.54) is 5.56 Å². The zero-order valence-corrected chi connectivity index (χ0v) is 10.9. The molecule has 0 bridgehead atoms. The van der Waals surface area contributed by atoms with Crippen molar-refractivity contribution in [3.8, 4) is 0 Å². The molecule has 1 aliphatic heterocycles. The second kappa shape index (κ2) is 4.78. The highest BCUT2D eigenvalue weighted by Crippen LogP contribution is 2.28. The van der Waals surface area contributed by atoms with Gasteiger partial charge in [0, 0.05) is 6.04 Å². The number of nitrogens with two attached hydrogens (primary N) is 1. The van der Waals surface area contributed by atoms with E-state index in [4.69, 9.17) is 5.73 Å². The Morgan fingerprint density at radius 3 is 2.71 bits per heavy atom. The highest BCUT2D eigenvalue weighted by molar-refractivity contribution is 7.91. The van der Waals surface area contributed by atoms with Crippen molar-refractivity contribution >= 4 is 9.84 Å². The molecule has 1 aliphatic rings. The van der Waals surface area contributed by atoms with Gasteiger partial charge in [0.15, 0.2) is 9.84 Å². The first-order chi connectivity index (χ1) is 7.98. The van der Waals surface area contributed by atoms with Crippen molar-refractivity contribution in [3.05, 3.63) is 35.4 Å². The molecule has 2 unspecified atom stereocenters. The Morgan fingerprint density at radius 2 is 2.12 bits per heavy atom. The number of rotatable bonds is 3. The largest absolute Gasteiger partial charge is 0.324 e. The highest BCUT2D eigenvalue weighted by atomic mass is 32.2. The Hall–Kier alpha value is -0.870. The predicted molar refractivity (Wildman–Crippen MR) is 69.5 cm³/mol. The van der Waals surface area contributed by atoms with E-state index in [2.05, 4.69) is 0 Å². The van der Waals surface area contributed by atoms with E-state index >= 15 is 0 Å². The number of hydrogen-bond acceptors (Lipinski definition) is 3. The van der Waals surface area contributed by atoms with Crippen LogP contribution in [0.5, 0.6) is 0 Å². The van der Waals surface area contributed by atoms with Crippen LogP contribution < -0.4 is 5.73 Å². The third kappa shape index (κ3) is 3.07. The van der Waals surface area contributed by atoms with Crippen molar-refractivity contribution < 1.29 is 8.42 Å². The van der Waals surface area contributed by atoms with E-state index in [0.717, 1.165) is 18.4 Å². The number of aryl methyl sites for hydroxylation is 1. The average molecular weight is 253 g/mol. The molecule has 0 spiro atoms. The van der Waals surface area contributed by atoms with Gasteiger partial charge in [0.1, 0.15) is 0 Å². The van der Waals surface area contributed by atoms with E-state index in [0.29, 0.717) is 11.5 Å². The zero-order chi connectivity index (χ0) is 12.5. The lowest BCUT2D eigenvalue weighted by Gasteiger charge is -2.17. The Bertz CT molecular complexity index is 496. The van der Waals surface area contributed by atoms with Gasteiger partial charge < -0.3 is 5.73 Å². The standard InChI is InChI=1S/C13H19NO2S/c1-10-4-2-3-5-12(10)13(14)8-11-6-7-17(15,16)9-11/h2-5,11,13H,6-9,14H2,1H3. The van der Waals surface area contributed by atoms with Gasteiger partial charge in [0.05, 0.1) is 11.5 Å². The molecular weight excluding hydrogens is 234 g/mol. The van der Waals surface area contributed by atoms with Crippen molar-refractivity contribution in [2.45, 2.75) is 25.8 Å². The van der Waals surface area contributed by atoms with E-state index < -0.39 is 9.84 Å². The molecule has 4 heteroatoms. The van der Waals surface area contributed by atoms with Crippen LogP contribution in [0.3, 0.4) is 0 Å². The van der Waals surface area contributed by atoms with Gasteiger partial charge in [0.25, 0.3) is 0 Å². The molecule has 2 atom stereocenters. The van der Waals surface area contributed by atoms with E-state index in [1.807, 2.05) is 31.2 Å². The van der Waals surface area contributed by atoms with Crippen LogP contribution in [0.25, 0.3) is 0 Å². The molecule has 1 saturated heterocycles. The Balaban J connectivity index is 2.03. The molecule has 0 saturated carbocycles. The van der Waals surface area contributed by atoms with Gasteiger partial charge in [-0.05, 0) is 36.8 Å². The smallest absolute Gasteiger partial charge is 0.150 e. The molecule has 0 amide bonds. The van der Waals surface area contributed by atoms with E-state index in [1.54, 1.807) is 0 Å². The van der Waals surface area contributed by atoms with Crippen LogP contribution >= 0.6 is 0 Å². The minimum absolute atomic E-state index is 0.0468. The Morgan fingerprint density at radius 1 is 1.41 bits per heavy atom. The quantitative estimate of drug-likeness (QED) is 0.894. The van der Waals surface area contributed by atoms with Gasteiger partial charge in [-0.3, -0.25) is 0 Å². The minimum atomic E-state index is -2.79. The van der Waals surface area contributed by atoms with Gasteiger partial charge in [-0.1, -0.05) is 24.3 Å². The fraction of sp³-hybridized carbons (Fsp3) is 0.538. The highest BCUT2D eigenvalue weighted by Gasteiger charge is 2.29. The summed E-state index contributed by atoms with van der Waals surface area (Å²) < 4.78 is 22.8. The lowest BCUT2D eigenvalue weighted by atomic mass is 9.92. The van der Waals surface area contributed by atoms with Crippen molar-refractivity contribution in [1.29, 1.82) is 0 Å². The molecule has 1 aromatic rings. The maximum absolute atomic E-state index is 11.4. The molecule has 2 N–H and O–H groups in total. The molecule has 1 aromatic carbocycles. The van der Waals surface area contributed by atoms with Gasteiger partial charge in [-0.15, -0.1) is 0 Å². The van der Waals surface area contributed by atoms with Crippen molar-refractivity contribution in [3.63, 3.8) is 0 Å². The molecule has 0 aliphatic carbocycles. The summed E-state index contributed by atoms with van der Waals surface area (Å²) in [4.78, 5) is 0. The zero-order valence-electron chi connectivity index (χ0n) is 10.1. The normalized spacial score (nSPS) is 24.7. The molecule has 1 fully saturated rings. The first-order valence-electron chi connectivity index (χ1n) is 5.99. The van der Waals surface area contributed by atoms with Gasteiger partial charge >= 0.3 is 0 Å². The summed E-state index contributed by atoms with van der Waals surface area (Å²) in [6.07, 6.45) is 1.53. The summed E-state index contributed by atoms with van der Waals surface area (Å²) in [5.41, 5.74) is 8.49. The summed E-state index contributed by atoms with van der Waals surface area (Å²) in [7, 11) is -2.79. The molecule has 17 heavy (non-hydrogen) atoms. The average Bonchev–Trinajstić information content (AvgIpc) is 2.58. The van der Waals surface area contributed by atoms with Crippen LogP contribution in [0.2, 0.25) is 0 Å². The number of benzene rings is 1. The number of sulfone groups is 1. The maximum atomic E-state index is 11.4. The molecule has 3 nitrogen and oxygen atoms in total. The van der Waals surface area contributed by atoms with Crippen LogP contribution in [0, 0.1) is 12.8 Å². The van der Waals surface area contributed by atoms with Gasteiger partial charge in [0.2, 0.25) is 0 Å². The predicted octanol–water partition coefficient (Wildman–Crippen LogP) is 1.82. The van der Waals surface area contributed by atoms with Crippen LogP contribution in [0.4, 0.5) is 0 Å². The lowest BCUT2D eigenvalue weighted by molar-refractivity contribution is 0.480. The first-order valence-corrected chi connectivity index (χ1v) is 7.81. The topological polar surface area (TPSA) is 60.2 Å². The third-order valence-corrected chi connectivity index (χ3v) is 5.34. The maximum Gasteiger partial charge on any atom is 0.150 e. The van der Waals surface area contributed by atoms with Gasteiger partial charge in [-0.25, -0.2) is 8.42 Å². The van der Waals surface area contributed by atoms with E-state index in [-0.39, 0.29) is 12.0 Å². The van der Waals surface area contributed by atoms with Crippen LogP contribution in [0.1, 0.15) is 30.0 Å². The molecular formula is C13H19NO2S. The summed E-state index contributed by atoms with van der Waals surface area (Å²) in [5, 5.41) is 0. The molecule has 0 aromatic heterocycles. The molecule has 1 heterocycles. The monoisotopic (exact) mass is 253 g/mol. The Labute approximate surface area is 103 Å². The fourth-order valence-electron chi connectivity index (χ4n) is 2.55. The first kappa shape index (κ1) is 12.6. The second-order valence-electron chi connectivity index (χ2n) is 4.97. The minimum Gasteiger partial charge on any atom is -0.324 e. The van der Waals surface area contributed by atoms with Crippen LogP contribution in [0.15, 0.2) is 24.3 Å². The SMILES string of the molecule is Cc1ccccc1C(N)CC1CCS(=O)(=O)C1. The molecule has 94 valence electrons. The van der Waals surface area contributed by atoms with Crippen LogP contribution in [-0.4, -0.2) is 19.9 Å². The molecule has 0 radical (unpaired) electrons. The van der Waals surface area contributed by atoms with Gasteiger partial charge in [-0.2, -0.15) is 0 Å².